The Kier molecular flexibility index (Phi) is 3.72. The van der Waals surface area contributed by atoms with Crippen LogP contribution in [-0.2, 0) is 16.4 Å². The summed E-state index contributed by atoms with van der Waals surface area (Å²) in [6.07, 6.45) is 0. The van der Waals surface area contributed by atoms with Crippen LogP contribution in [-0.4, -0.2) is 15.0 Å². The summed E-state index contributed by atoms with van der Waals surface area (Å²) >= 11 is 0. The molecule has 0 aliphatic carbocycles. The van der Waals surface area contributed by atoms with Gasteiger partial charge < -0.3 is 10.5 Å². The molecule has 0 amide bonds. The van der Waals surface area contributed by atoms with E-state index in [4.69, 9.17) is 10.5 Å². The maximum Gasteiger partial charge on any atom is 0.200 e. The van der Waals surface area contributed by atoms with E-state index in [2.05, 4.69) is 0 Å². The molecule has 4 nitrogen and oxygen atoms in total. The van der Waals surface area contributed by atoms with E-state index < -0.39 is 15.7 Å². The Morgan fingerprint density at radius 1 is 1.14 bits per heavy atom. The minimum absolute atomic E-state index is 0.0532. The number of nitrogens with two attached hydrogens (primary N) is 1. The molecule has 3 rings (SSSR count). The van der Waals surface area contributed by atoms with Crippen LogP contribution in [0, 0.1) is 5.82 Å². The highest BCUT2D eigenvalue weighted by atomic mass is 32.2. The molecule has 0 saturated carbocycles. The van der Waals surface area contributed by atoms with Gasteiger partial charge in [-0.25, -0.2) is 12.8 Å². The highest BCUT2D eigenvalue weighted by Crippen LogP contribution is 2.34. The molecule has 0 spiro atoms. The van der Waals surface area contributed by atoms with Gasteiger partial charge in [-0.05, 0) is 23.8 Å². The fraction of sp³-hybridized carbons (Fsp3) is 0.125. The second-order valence-corrected chi connectivity index (χ2v) is 6.73. The van der Waals surface area contributed by atoms with Crippen LogP contribution in [0.3, 0.4) is 0 Å². The van der Waals surface area contributed by atoms with Gasteiger partial charge in [0.05, 0.1) is 4.90 Å². The minimum Gasteiger partial charge on any atom is -0.489 e. The third-order valence-electron chi connectivity index (χ3n) is 3.42. The Bertz CT molecular complexity index is 859. The molecule has 0 unspecified atom stereocenters. The Morgan fingerprint density at radius 3 is 2.68 bits per heavy atom. The molecule has 114 valence electrons. The van der Waals surface area contributed by atoms with E-state index in [9.17, 15) is 12.8 Å². The summed E-state index contributed by atoms with van der Waals surface area (Å²) < 4.78 is 42.9. The first-order chi connectivity index (χ1) is 10.5. The van der Waals surface area contributed by atoms with E-state index in [-0.39, 0.29) is 18.0 Å². The van der Waals surface area contributed by atoms with Crippen LogP contribution >= 0.6 is 0 Å². The molecule has 2 aromatic rings. The van der Waals surface area contributed by atoms with Gasteiger partial charge in [-0.1, -0.05) is 18.2 Å². The summed E-state index contributed by atoms with van der Waals surface area (Å²) in [7, 11) is -3.47. The van der Waals surface area contributed by atoms with Crippen molar-refractivity contribution in [3.63, 3.8) is 0 Å². The maximum atomic E-state index is 13.1. The average Bonchev–Trinajstić information content (AvgIpc) is 2.76. The standard InChI is InChI=1S/C16H14FNO3S/c17-13-2-1-3-14(7-13)21-9-12-10-22(19,20)16-6-11(8-18)4-5-15(12)16/h1-7,10H,8-9,18H2. The van der Waals surface area contributed by atoms with Gasteiger partial charge >= 0.3 is 0 Å². The highest BCUT2D eigenvalue weighted by Gasteiger charge is 2.27. The van der Waals surface area contributed by atoms with Crippen molar-refractivity contribution in [3.05, 3.63) is 64.8 Å². The molecule has 0 saturated heterocycles. The van der Waals surface area contributed by atoms with Gasteiger partial charge in [0.25, 0.3) is 0 Å². The molecule has 0 bridgehead atoms. The lowest BCUT2D eigenvalue weighted by molar-refractivity contribution is 0.367. The van der Waals surface area contributed by atoms with Crippen molar-refractivity contribution in [1.29, 1.82) is 0 Å². The van der Waals surface area contributed by atoms with Gasteiger partial charge in [0, 0.05) is 29.2 Å². The van der Waals surface area contributed by atoms with Crippen LogP contribution < -0.4 is 10.5 Å². The lowest BCUT2D eigenvalue weighted by Gasteiger charge is -2.08. The largest absolute Gasteiger partial charge is 0.489 e. The van der Waals surface area contributed by atoms with E-state index in [1.165, 1.54) is 23.6 Å². The highest BCUT2D eigenvalue weighted by molar-refractivity contribution is 7.95. The number of ether oxygens (including phenoxy) is 1. The summed E-state index contributed by atoms with van der Waals surface area (Å²) in [5.74, 6) is -0.0520. The van der Waals surface area contributed by atoms with E-state index in [0.29, 0.717) is 16.9 Å². The zero-order chi connectivity index (χ0) is 15.7. The predicted octanol–water partition coefficient (Wildman–Crippen LogP) is 2.49. The van der Waals surface area contributed by atoms with Gasteiger partial charge in [0.15, 0.2) is 0 Å². The molecule has 0 radical (unpaired) electrons. The Hall–Kier alpha value is -2.18. The van der Waals surface area contributed by atoms with Crippen LogP contribution in [0.25, 0.3) is 5.57 Å². The quantitative estimate of drug-likeness (QED) is 0.940. The summed E-state index contributed by atoms with van der Waals surface area (Å²) in [6, 6.07) is 10.8. The number of benzene rings is 2. The fourth-order valence-corrected chi connectivity index (χ4v) is 3.86. The second kappa shape index (κ2) is 5.55. The normalized spacial score (nSPS) is 15.3. The molecule has 1 aliphatic heterocycles. The third kappa shape index (κ3) is 2.75. The summed E-state index contributed by atoms with van der Waals surface area (Å²) in [5.41, 5.74) is 7.45. The van der Waals surface area contributed by atoms with Gasteiger partial charge in [-0.15, -0.1) is 0 Å². The summed E-state index contributed by atoms with van der Waals surface area (Å²) in [5, 5.41) is 1.19. The molecule has 2 N–H and O–H groups in total. The molecule has 0 aromatic heterocycles. The predicted molar refractivity (Wildman–Crippen MR) is 81.4 cm³/mol. The van der Waals surface area contributed by atoms with Crippen LogP contribution in [0.5, 0.6) is 5.75 Å². The molecule has 1 aliphatic rings. The SMILES string of the molecule is NCc1ccc2c(c1)S(=O)(=O)C=C2COc1cccc(F)c1. The molecule has 1 heterocycles. The minimum atomic E-state index is -3.47. The number of sulfone groups is 1. The van der Waals surface area contributed by atoms with Crippen LogP contribution in [0.4, 0.5) is 4.39 Å². The number of halogens is 1. The smallest absolute Gasteiger partial charge is 0.200 e. The van der Waals surface area contributed by atoms with Gasteiger partial charge in [-0.3, -0.25) is 0 Å². The molecular weight excluding hydrogens is 305 g/mol. The Balaban J connectivity index is 1.88. The van der Waals surface area contributed by atoms with E-state index in [1.807, 2.05) is 0 Å². The molecule has 0 fully saturated rings. The Morgan fingerprint density at radius 2 is 1.95 bits per heavy atom. The van der Waals surface area contributed by atoms with Crippen molar-refractivity contribution in [2.45, 2.75) is 11.4 Å². The molecular formula is C16H14FNO3S. The monoisotopic (exact) mass is 319 g/mol. The fourth-order valence-electron chi connectivity index (χ4n) is 2.34. The van der Waals surface area contributed by atoms with E-state index in [0.717, 1.165) is 5.56 Å². The van der Waals surface area contributed by atoms with Gasteiger partial charge in [0.2, 0.25) is 9.84 Å². The number of hydrogen-bond donors (Lipinski definition) is 1. The summed E-state index contributed by atoms with van der Waals surface area (Å²) in [4.78, 5) is 0.244. The first-order valence-electron chi connectivity index (χ1n) is 6.67. The zero-order valence-electron chi connectivity index (χ0n) is 11.6. The van der Waals surface area contributed by atoms with Crippen molar-refractivity contribution in [2.75, 3.05) is 6.61 Å². The summed E-state index contributed by atoms with van der Waals surface area (Å²) in [6.45, 7) is 0.329. The number of hydrogen-bond acceptors (Lipinski definition) is 4. The van der Waals surface area contributed by atoms with E-state index in [1.54, 1.807) is 24.3 Å². The lowest BCUT2D eigenvalue weighted by Crippen LogP contribution is -2.02. The van der Waals surface area contributed by atoms with Crippen LogP contribution in [0.1, 0.15) is 11.1 Å². The molecule has 2 aromatic carbocycles. The number of fused-ring (bicyclic) bond motifs is 1. The topological polar surface area (TPSA) is 69.4 Å². The lowest BCUT2D eigenvalue weighted by atomic mass is 10.1. The molecule has 0 atom stereocenters. The van der Waals surface area contributed by atoms with Crippen molar-refractivity contribution >= 4 is 15.4 Å². The first-order valence-corrected chi connectivity index (χ1v) is 8.21. The number of rotatable bonds is 4. The van der Waals surface area contributed by atoms with Crippen molar-refractivity contribution in [3.8, 4) is 5.75 Å². The third-order valence-corrected chi connectivity index (χ3v) is 4.97. The Labute approximate surface area is 127 Å². The van der Waals surface area contributed by atoms with Crippen molar-refractivity contribution in [1.82, 2.24) is 0 Å². The molecule has 6 heteroatoms. The van der Waals surface area contributed by atoms with Crippen LogP contribution in [0.15, 0.2) is 52.8 Å². The van der Waals surface area contributed by atoms with Crippen molar-refractivity contribution in [2.24, 2.45) is 5.73 Å². The first kappa shape index (κ1) is 14.7. The second-order valence-electron chi connectivity index (χ2n) is 4.97. The van der Waals surface area contributed by atoms with E-state index >= 15 is 0 Å². The van der Waals surface area contributed by atoms with Gasteiger partial charge in [0.1, 0.15) is 18.2 Å². The van der Waals surface area contributed by atoms with Crippen LogP contribution in [0.2, 0.25) is 0 Å². The van der Waals surface area contributed by atoms with Gasteiger partial charge in [-0.2, -0.15) is 0 Å². The molecule has 22 heavy (non-hydrogen) atoms. The maximum absolute atomic E-state index is 13.1. The average molecular weight is 319 g/mol. The zero-order valence-corrected chi connectivity index (χ0v) is 12.4. The van der Waals surface area contributed by atoms with Crippen molar-refractivity contribution < 1.29 is 17.5 Å².